The van der Waals surface area contributed by atoms with E-state index in [-0.39, 0.29) is 0 Å². The van der Waals surface area contributed by atoms with Gasteiger partial charge in [-0.1, -0.05) is 36.8 Å². The predicted molar refractivity (Wildman–Crippen MR) is 106 cm³/mol. The maximum absolute atomic E-state index is 12.9. The minimum Gasteiger partial charge on any atom is -0.334 e. The van der Waals surface area contributed by atoms with Crippen molar-refractivity contribution in [3.8, 4) is 0 Å². The summed E-state index contributed by atoms with van der Waals surface area (Å²) in [5.74, 6) is 0.327. The maximum atomic E-state index is 12.9. The molecule has 5 heteroatoms. The van der Waals surface area contributed by atoms with E-state index in [9.17, 15) is 4.79 Å². The summed E-state index contributed by atoms with van der Waals surface area (Å²) in [5, 5.41) is 4.50. The lowest BCUT2D eigenvalue weighted by Crippen LogP contribution is -2.48. The van der Waals surface area contributed by atoms with Gasteiger partial charge in [0.1, 0.15) is 0 Å². The molecule has 3 heterocycles. The van der Waals surface area contributed by atoms with Crippen molar-refractivity contribution in [1.29, 1.82) is 0 Å². The molecule has 0 radical (unpaired) electrons. The van der Waals surface area contributed by atoms with Crippen LogP contribution in [-0.2, 0) is 24.9 Å². The van der Waals surface area contributed by atoms with Gasteiger partial charge < -0.3 is 4.90 Å². The van der Waals surface area contributed by atoms with Crippen LogP contribution in [0, 0.1) is 6.92 Å². The molecule has 2 fully saturated rings. The Balaban J connectivity index is 1.54. The summed E-state index contributed by atoms with van der Waals surface area (Å²) in [7, 11) is 1.99. The van der Waals surface area contributed by atoms with E-state index in [0.717, 1.165) is 44.6 Å². The molecular formula is C22H30N4O. The van der Waals surface area contributed by atoms with Gasteiger partial charge in [0.25, 0.3) is 0 Å². The largest absolute Gasteiger partial charge is 0.334 e. The average Bonchev–Trinajstić information content (AvgIpc) is 3.18. The van der Waals surface area contributed by atoms with E-state index >= 15 is 0 Å². The first-order valence-electron chi connectivity index (χ1n) is 10.2. The number of hydrogen-bond acceptors (Lipinski definition) is 3. The number of amides is 1. The molecule has 4 rings (SSSR count). The molecule has 2 saturated heterocycles. The lowest BCUT2D eigenvalue weighted by molar-refractivity contribution is -0.135. The number of carbonyl (C=O) groups excluding carboxylic acids is 1. The quantitative estimate of drug-likeness (QED) is 0.834. The van der Waals surface area contributed by atoms with Crippen LogP contribution in [0.5, 0.6) is 0 Å². The molecule has 0 N–H and O–H groups in total. The number of benzene rings is 1. The number of rotatable bonds is 4. The van der Waals surface area contributed by atoms with E-state index in [1.807, 2.05) is 17.8 Å². The third kappa shape index (κ3) is 3.93. The zero-order valence-corrected chi connectivity index (χ0v) is 16.5. The van der Waals surface area contributed by atoms with Crippen LogP contribution in [-0.4, -0.2) is 44.1 Å². The Hall–Kier alpha value is -2.14. The van der Waals surface area contributed by atoms with Crippen LogP contribution >= 0.6 is 0 Å². The first-order valence-corrected chi connectivity index (χ1v) is 10.2. The number of likely N-dealkylation sites (tertiary alicyclic amines) is 2. The van der Waals surface area contributed by atoms with Gasteiger partial charge in [-0.25, -0.2) is 0 Å². The Morgan fingerprint density at radius 2 is 1.89 bits per heavy atom. The number of nitrogens with zero attached hydrogens (tertiary/aromatic N) is 4. The predicted octanol–water partition coefficient (Wildman–Crippen LogP) is 3.27. The topological polar surface area (TPSA) is 41.4 Å². The Labute approximate surface area is 162 Å². The van der Waals surface area contributed by atoms with Gasteiger partial charge >= 0.3 is 0 Å². The van der Waals surface area contributed by atoms with Crippen molar-refractivity contribution in [1.82, 2.24) is 19.6 Å². The van der Waals surface area contributed by atoms with Crippen LogP contribution in [0.2, 0.25) is 0 Å². The Bertz CT molecular complexity index is 785. The van der Waals surface area contributed by atoms with E-state index in [1.54, 1.807) is 0 Å². The van der Waals surface area contributed by atoms with Gasteiger partial charge in [0.2, 0.25) is 5.91 Å². The number of hydrogen-bond donors (Lipinski definition) is 0. The van der Waals surface area contributed by atoms with Crippen molar-refractivity contribution in [3.05, 3.63) is 53.3 Å². The smallest absolute Gasteiger partial charge is 0.223 e. The Kier molecular flexibility index (Phi) is 5.30. The molecule has 5 nitrogen and oxygen atoms in total. The molecule has 2 aliphatic rings. The molecule has 144 valence electrons. The normalized spacial score (nSPS) is 23.9. The van der Waals surface area contributed by atoms with Crippen LogP contribution in [0.3, 0.4) is 0 Å². The molecular weight excluding hydrogens is 336 g/mol. The van der Waals surface area contributed by atoms with Crippen molar-refractivity contribution >= 4 is 5.91 Å². The third-order valence-corrected chi connectivity index (χ3v) is 6.17. The summed E-state index contributed by atoms with van der Waals surface area (Å²) in [4.78, 5) is 17.7. The molecule has 2 aliphatic heterocycles. The van der Waals surface area contributed by atoms with Crippen molar-refractivity contribution < 1.29 is 4.79 Å². The van der Waals surface area contributed by atoms with Crippen molar-refractivity contribution in [2.24, 2.45) is 7.05 Å². The number of carbonyl (C=O) groups is 1. The highest BCUT2D eigenvalue weighted by Crippen LogP contribution is 2.32. The third-order valence-electron chi connectivity index (χ3n) is 6.17. The molecule has 2 atom stereocenters. The SMILES string of the molecule is Cc1nn(C)cc1CN1CC[C@H]2[C@H]1CCCCC(=O)N2Cc1ccccc1. The molecule has 2 aromatic rings. The van der Waals surface area contributed by atoms with Crippen molar-refractivity contribution in [2.75, 3.05) is 6.54 Å². The summed E-state index contributed by atoms with van der Waals surface area (Å²) in [5.41, 5.74) is 3.65. The van der Waals surface area contributed by atoms with Crippen LogP contribution in [0.25, 0.3) is 0 Å². The first kappa shape index (κ1) is 18.2. The van der Waals surface area contributed by atoms with E-state index in [0.29, 0.717) is 24.4 Å². The summed E-state index contributed by atoms with van der Waals surface area (Å²) in [6.07, 6.45) is 7.24. The highest BCUT2D eigenvalue weighted by molar-refractivity contribution is 5.76. The second-order valence-electron chi connectivity index (χ2n) is 8.06. The molecule has 1 aromatic carbocycles. The second-order valence-corrected chi connectivity index (χ2v) is 8.06. The summed E-state index contributed by atoms with van der Waals surface area (Å²) in [6, 6.07) is 11.2. The van der Waals surface area contributed by atoms with Crippen LogP contribution in [0.4, 0.5) is 0 Å². The Morgan fingerprint density at radius 1 is 1.07 bits per heavy atom. The van der Waals surface area contributed by atoms with Crippen LogP contribution in [0.1, 0.15) is 48.9 Å². The van der Waals surface area contributed by atoms with Crippen molar-refractivity contribution in [3.63, 3.8) is 0 Å². The molecule has 1 aromatic heterocycles. The highest BCUT2D eigenvalue weighted by Gasteiger charge is 2.40. The number of aromatic nitrogens is 2. The van der Waals surface area contributed by atoms with E-state index in [1.165, 1.54) is 17.5 Å². The minimum absolute atomic E-state index is 0.327. The molecule has 0 aliphatic carbocycles. The van der Waals surface area contributed by atoms with E-state index < -0.39 is 0 Å². The number of fused-ring (bicyclic) bond motifs is 1. The van der Waals surface area contributed by atoms with Gasteiger partial charge in [0, 0.05) is 56.9 Å². The van der Waals surface area contributed by atoms with Gasteiger partial charge in [0.15, 0.2) is 0 Å². The fraction of sp³-hybridized carbons (Fsp3) is 0.545. The lowest BCUT2D eigenvalue weighted by Gasteiger charge is -2.37. The van der Waals surface area contributed by atoms with E-state index in [2.05, 4.69) is 52.3 Å². The van der Waals surface area contributed by atoms with Gasteiger partial charge in [-0.3, -0.25) is 14.4 Å². The molecule has 0 bridgehead atoms. The molecule has 27 heavy (non-hydrogen) atoms. The fourth-order valence-electron chi connectivity index (χ4n) is 4.80. The van der Waals surface area contributed by atoms with Crippen molar-refractivity contribution in [2.45, 2.75) is 64.2 Å². The first-order chi connectivity index (χ1) is 13.1. The fourth-order valence-corrected chi connectivity index (χ4v) is 4.80. The monoisotopic (exact) mass is 366 g/mol. The van der Waals surface area contributed by atoms with Gasteiger partial charge in [-0.05, 0) is 31.7 Å². The van der Waals surface area contributed by atoms with Crippen LogP contribution in [0.15, 0.2) is 36.5 Å². The zero-order valence-electron chi connectivity index (χ0n) is 16.5. The molecule has 0 saturated carbocycles. The Morgan fingerprint density at radius 3 is 2.63 bits per heavy atom. The molecule has 0 unspecified atom stereocenters. The lowest BCUT2D eigenvalue weighted by atomic mass is 9.96. The summed E-state index contributed by atoms with van der Waals surface area (Å²) in [6.45, 7) is 4.82. The van der Waals surface area contributed by atoms with Crippen LogP contribution < -0.4 is 0 Å². The van der Waals surface area contributed by atoms with E-state index in [4.69, 9.17) is 0 Å². The maximum Gasteiger partial charge on any atom is 0.223 e. The highest BCUT2D eigenvalue weighted by atomic mass is 16.2. The molecule has 1 amide bonds. The zero-order chi connectivity index (χ0) is 18.8. The minimum atomic E-state index is 0.327. The van der Waals surface area contributed by atoms with Gasteiger partial charge in [-0.15, -0.1) is 0 Å². The second kappa shape index (κ2) is 7.85. The van der Waals surface area contributed by atoms with Gasteiger partial charge in [0.05, 0.1) is 5.69 Å². The van der Waals surface area contributed by atoms with Gasteiger partial charge in [-0.2, -0.15) is 5.10 Å². The standard InChI is InChI=1S/C22H30N4O/c1-17-19(15-24(2)23-17)16-25-13-12-21-20(25)10-6-7-11-22(27)26(21)14-18-8-4-3-5-9-18/h3-5,8-9,15,20-21H,6-7,10-14,16H2,1-2H3/t20-,21+/m1/s1. The summed E-state index contributed by atoms with van der Waals surface area (Å²) < 4.78 is 1.90. The average molecular weight is 367 g/mol. The molecule has 0 spiro atoms. The number of aryl methyl sites for hydroxylation is 2. The summed E-state index contributed by atoms with van der Waals surface area (Å²) >= 11 is 0.